The fourth-order valence-corrected chi connectivity index (χ4v) is 1.22. The van der Waals surface area contributed by atoms with Gasteiger partial charge in [-0.3, -0.25) is 9.59 Å². The van der Waals surface area contributed by atoms with Crippen LogP contribution < -0.4 is 5.73 Å². The topological polar surface area (TPSA) is 66.6 Å². The minimum absolute atomic E-state index is 0.0894. The zero-order valence-electron chi connectivity index (χ0n) is 11.8. The summed E-state index contributed by atoms with van der Waals surface area (Å²) in [5, 5.41) is 0. The lowest BCUT2D eigenvalue weighted by atomic mass is 9.86. The van der Waals surface area contributed by atoms with Crippen molar-refractivity contribution >= 4 is 11.8 Å². The van der Waals surface area contributed by atoms with Crippen molar-refractivity contribution in [2.24, 2.45) is 11.1 Å². The molecule has 2 amide bonds. The molecule has 5 nitrogen and oxygen atoms in total. The van der Waals surface area contributed by atoms with Crippen LogP contribution in [0.25, 0.3) is 0 Å². The molecule has 0 fully saturated rings. The van der Waals surface area contributed by atoms with Crippen LogP contribution in [0.2, 0.25) is 0 Å². The van der Waals surface area contributed by atoms with Gasteiger partial charge in [-0.05, 0) is 12.3 Å². The smallest absolute Gasteiger partial charge is 0.241 e. The monoisotopic (exact) mass is 243 g/mol. The van der Waals surface area contributed by atoms with Gasteiger partial charge in [-0.25, -0.2) is 0 Å². The first-order valence-electron chi connectivity index (χ1n) is 5.85. The van der Waals surface area contributed by atoms with Crippen molar-refractivity contribution in [2.75, 3.05) is 27.2 Å². The van der Waals surface area contributed by atoms with Gasteiger partial charge in [0.1, 0.15) is 0 Å². The van der Waals surface area contributed by atoms with Crippen molar-refractivity contribution in [2.45, 2.75) is 33.7 Å². The van der Waals surface area contributed by atoms with Crippen molar-refractivity contribution in [1.82, 2.24) is 9.80 Å². The highest BCUT2D eigenvalue weighted by atomic mass is 16.2. The fraction of sp³-hybridized carbons (Fsp3) is 0.833. The van der Waals surface area contributed by atoms with Gasteiger partial charge in [0, 0.05) is 20.6 Å². The molecule has 1 atom stereocenters. The molecule has 0 saturated heterocycles. The van der Waals surface area contributed by atoms with Crippen LogP contribution in [0.4, 0.5) is 0 Å². The van der Waals surface area contributed by atoms with E-state index in [1.807, 2.05) is 27.7 Å². The Morgan fingerprint density at radius 3 is 2.00 bits per heavy atom. The van der Waals surface area contributed by atoms with Crippen LogP contribution in [-0.4, -0.2) is 54.8 Å². The van der Waals surface area contributed by atoms with E-state index < -0.39 is 6.04 Å². The average molecular weight is 243 g/mol. The maximum absolute atomic E-state index is 12.1. The van der Waals surface area contributed by atoms with E-state index in [9.17, 15) is 9.59 Å². The largest absolute Gasteiger partial charge is 0.347 e. The number of hydrogen-bond acceptors (Lipinski definition) is 3. The molecule has 0 aromatic rings. The molecular formula is C12H25N3O2. The van der Waals surface area contributed by atoms with E-state index in [0.717, 1.165) is 0 Å². The third-order valence-electron chi connectivity index (χ3n) is 2.72. The van der Waals surface area contributed by atoms with Gasteiger partial charge in [0.15, 0.2) is 0 Å². The van der Waals surface area contributed by atoms with Gasteiger partial charge < -0.3 is 15.5 Å². The second-order valence-corrected chi connectivity index (χ2v) is 5.48. The van der Waals surface area contributed by atoms with Gasteiger partial charge >= 0.3 is 0 Å². The molecule has 0 radical (unpaired) electrons. The van der Waals surface area contributed by atoms with E-state index in [0.29, 0.717) is 6.54 Å². The Morgan fingerprint density at radius 2 is 1.71 bits per heavy atom. The molecule has 0 aromatic carbocycles. The summed E-state index contributed by atoms with van der Waals surface area (Å²) < 4.78 is 0. The number of hydrogen-bond donors (Lipinski definition) is 1. The molecule has 17 heavy (non-hydrogen) atoms. The summed E-state index contributed by atoms with van der Waals surface area (Å²) in [5.41, 5.74) is 5.61. The van der Waals surface area contributed by atoms with Crippen molar-refractivity contribution < 1.29 is 9.59 Å². The highest BCUT2D eigenvalue weighted by Crippen LogP contribution is 2.19. The van der Waals surface area contributed by atoms with Crippen molar-refractivity contribution in [3.05, 3.63) is 0 Å². The normalized spacial score (nSPS) is 13.1. The Hall–Kier alpha value is -1.10. The Morgan fingerprint density at radius 1 is 1.24 bits per heavy atom. The molecule has 0 aromatic heterocycles. The molecule has 0 aliphatic carbocycles. The molecule has 2 N–H and O–H groups in total. The summed E-state index contributed by atoms with van der Waals surface area (Å²) in [6, 6.07) is -0.586. The van der Waals surface area contributed by atoms with E-state index in [-0.39, 0.29) is 23.8 Å². The number of carbonyl (C=O) groups excluding carboxylic acids is 2. The summed E-state index contributed by atoms with van der Waals surface area (Å²) in [4.78, 5) is 26.7. The van der Waals surface area contributed by atoms with E-state index in [1.165, 1.54) is 9.80 Å². The molecule has 0 spiro atoms. The molecule has 0 aliphatic rings. The first kappa shape index (κ1) is 15.9. The number of nitrogens with two attached hydrogens (primary N) is 1. The maximum atomic E-state index is 12.1. The molecule has 100 valence electrons. The van der Waals surface area contributed by atoms with E-state index in [1.54, 1.807) is 14.1 Å². The van der Waals surface area contributed by atoms with Gasteiger partial charge in [0.25, 0.3) is 0 Å². The highest BCUT2D eigenvalue weighted by Gasteiger charge is 2.31. The van der Waals surface area contributed by atoms with Gasteiger partial charge in [-0.1, -0.05) is 20.8 Å². The first-order valence-corrected chi connectivity index (χ1v) is 5.85. The van der Waals surface area contributed by atoms with Gasteiger partial charge in [0.2, 0.25) is 11.8 Å². The summed E-state index contributed by atoms with van der Waals surface area (Å²) >= 11 is 0. The van der Waals surface area contributed by atoms with Crippen LogP contribution in [-0.2, 0) is 9.59 Å². The summed E-state index contributed by atoms with van der Waals surface area (Å²) in [7, 11) is 3.34. The third kappa shape index (κ3) is 4.73. The van der Waals surface area contributed by atoms with Crippen LogP contribution in [0.5, 0.6) is 0 Å². The highest BCUT2D eigenvalue weighted by molar-refractivity contribution is 5.87. The second-order valence-electron chi connectivity index (χ2n) is 5.48. The molecule has 0 rings (SSSR count). The Labute approximate surface area is 104 Å². The number of nitrogens with zero attached hydrogens (tertiary/aromatic N) is 2. The molecule has 0 aliphatic heterocycles. The van der Waals surface area contributed by atoms with Gasteiger partial charge in [-0.15, -0.1) is 0 Å². The fourth-order valence-electron chi connectivity index (χ4n) is 1.22. The standard InChI is InChI=1S/C12H25N3O2/c1-7-15(8-9(16)14(5)6)11(17)10(13)12(2,3)4/h10H,7-8,13H2,1-6H3/t10-/m0/s1. The molecule has 0 heterocycles. The van der Waals surface area contributed by atoms with Crippen LogP contribution >= 0.6 is 0 Å². The molecular weight excluding hydrogens is 218 g/mol. The van der Waals surface area contributed by atoms with Crippen LogP contribution in [0.3, 0.4) is 0 Å². The van der Waals surface area contributed by atoms with E-state index >= 15 is 0 Å². The van der Waals surface area contributed by atoms with Crippen molar-refractivity contribution in [3.8, 4) is 0 Å². The Balaban J connectivity index is 4.68. The Bertz CT molecular complexity index is 282. The van der Waals surface area contributed by atoms with Gasteiger partial charge in [-0.2, -0.15) is 0 Å². The number of amides is 2. The van der Waals surface area contributed by atoms with Crippen LogP contribution in [0.15, 0.2) is 0 Å². The van der Waals surface area contributed by atoms with Crippen molar-refractivity contribution in [3.63, 3.8) is 0 Å². The van der Waals surface area contributed by atoms with Crippen molar-refractivity contribution in [1.29, 1.82) is 0 Å². The molecule has 0 saturated carbocycles. The summed E-state index contributed by atoms with van der Waals surface area (Å²) in [6.45, 7) is 8.16. The number of rotatable bonds is 4. The lowest BCUT2D eigenvalue weighted by molar-refractivity contribution is -0.141. The van der Waals surface area contributed by atoms with E-state index in [2.05, 4.69) is 0 Å². The lowest BCUT2D eigenvalue weighted by Gasteiger charge is -2.31. The number of likely N-dealkylation sites (N-methyl/N-ethyl adjacent to an activating group) is 2. The second kappa shape index (κ2) is 6.00. The average Bonchev–Trinajstić information content (AvgIpc) is 2.21. The minimum Gasteiger partial charge on any atom is -0.347 e. The minimum atomic E-state index is -0.586. The summed E-state index contributed by atoms with van der Waals surface area (Å²) in [6.07, 6.45) is 0. The SMILES string of the molecule is CCN(CC(=O)N(C)C)C(=O)[C@H](N)C(C)(C)C. The maximum Gasteiger partial charge on any atom is 0.241 e. The molecule has 0 bridgehead atoms. The lowest BCUT2D eigenvalue weighted by Crippen LogP contribution is -2.52. The predicted molar refractivity (Wildman–Crippen MR) is 68.4 cm³/mol. The Kier molecular flexibility index (Phi) is 5.61. The zero-order valence-corrected chi connectivity index (χ0v) is 11.8. The number of carbonyl (C=O) groups is 2. The van der Waals surface area contributed by atoms with Gasteiger partial charge in [0.05, 0.1) is 12.6 Å². The zero-order chi connectivity index (χ0) is 13.8. The molecule has 0 unspecified atom stereocenters. The van der Waals surface area contributed by atoms with Crippen LogP contribution in [0, 0.1) is 5.41 Å². The molecule has 5 heteroatoms. The first-order chi connectivity index (χ1) is 7.61. The summed E-state index contributed by atoms with van der Waals surface area (Å²) in [5.74, 6) is -0.267. The third-order valence-corrected chi connectivity index (χ3v) is 2.72. The van der Waals surface area contributed by atoms with E-state index in [4.69, 9.17) is 5.73 Å². The predicted octanol–water partition coefficient (Wildman–Crippen LogP) is 0.297. The quantitative estimate of drug-likeness (QED) is 0.772. The van der Waals surface area contributed by atoms with Crippen LogP contribution in [0.1, 0.15) is 27.7 Å².